The highest BCUT2D eigenvalue weighted by molar-refractivity contribution is 7.18. The zero-order valence-electron chi connectivity index (χ0n) is 11.6. The van der Waals surface area contributed by atoms with Crippen molar-refractivity contribution in [1.29, 1.82) is 0 Å². The lowest BCUT2D eigenvalue weighted by Gasteiger charge is -2.34. The van der Waals surface area contributed by atoms with Gasteiger partial charge in [-0.2, -0.15) is 0 Å². The Balaban J connectivity index is 1.79. The van der Waals surface area contributed by atoms with Gasteiger partial charge in [-0.05, 0) is 51.8 Å². The molecule has 0 bridgehead atoms. The number of hydrogen-bond donors (Lipinski definition) is 1. The molecule has 1 aliphatic carbocycles. The Bertz CT molecular complexity index is 590. The fraction of sp³-hybridized carbons (Fsp3) is 0.571. The Kier molecular flexibility index (Phi) is 3.41. The molecular formula is C14H19N3OS. The molecule has 1 aliphatic rings. The fourth-order valence-corrected chi connectivity index (χ4v) is 3.61. The maximum Gasteiger partial charge on any atom is 0.225 e. The van der Waals surface area contributed by atoms with Gasteiger partial charge in [-0.1, -0.05) is 0 Å². The summed E-state index contributed by atoms with van der Waals surface area (Å²) in [6.07, 6.45) is 4.16. The van der Waals surface area contributed by atoms with E-state index < -0.39 is 0 Å². The van der Waals surface area contributed by atoms with Gasteiger partial charge in [-0.25, -0.2) is 9.97 Å². The average Bonchev–Trinajstić information content (AvgIpc) is 2.63. The van der Waals surface area contributed by atoms with Crippen molar-refractivity contribution in [1.82, 2.24) is 15.3 Å². The molecule has 1 N–H and O–H groups in total. The minimum absolute atomic E-state index is 0.316. The Morgan fingerprint density at radius 3 is 2.89 bits per heavy atom. The van der Waals surface area contributed by atoms with Crippen molar-refractivity contribution >= 4 is 21.6 Å². The van der Waals surface area contributed by atoms with Crippen LogP contribution in [-0.4, -0.2) is 29.7 Å². The molecule has 4 nitrogen and oxygen atoms in total. The fourth-order valence-electron chi connectivity index (χ4n) is 2.62. The number of ether oxygens (including phenoxy) is 1. The zero-order valence-corrected chi connectivity index (χ0v) is 12.4. The first-order valence-corrected chi connectivity index (χ1v) is 7.52. The number of thiophene rings is 1. The maximum absolute atomic E-state index is 6.06. The number of aryl methyl sites for hydroxylation is 2. The third-order valence-electron chi connectivity index (χ3n) is 3.89. The second-order valence-electron chi connectivity index (χ2n) is 5.28. The smallest absolute Gasteiger partial charge is 0.225 e. The molecule has 0 amide bonds. The van der Waals surface area contributed by atoms with Gasteiger partial charge in [0.2, 0.25) is 5.88 Å². The van der Waals surface area contributed by atoms with Gasteiger partial charge >= 0.3 is 0 Å². The van der Waals surface area contributed by atoms with E-state index in [0.29, 0.717) is 6.10 Å². The quantitative estimate of drug-likeness (QED) is 0.933. The molecule has 2 aromatic heterocycles. The van der Waals surface area contributed by atoms with Gasteiger partial charge in [0.05, 0.1) is 5.39 Å². The molecule has 0 aliphatic heterocycles. The molecular weight excluding hydrogens is 258 g/mol. The predicted molar refractivity (Wildman–Crippen MR) is 78.0 cm³/mol. The van der Waals surface area contributed by atoms with Crippen LogP contribution in [0.3, 0.4) is 0 Å². The van der Waals surface area contributed by atoms with Crippen LogP contribution in [0.15, 0.2) is 6.33 Å². The molecule has 2 heterocycles. The number of rotatable bonds is 4. The first kappa shape index (κ1) is 12.8. The summed E-state index contributed by atoms with van der Waals surface area (Å²) < 4.78 is 6.06. The minimum Gasteiger partial charge on any atom is -0.474 e. The summed E-state index contributed by atoms with van der Waals surface area (Å²) in [6.45, 7) is 5.32. The van der Waals surface area contributed by atoms with E-state index in [1.807, 2.05) is 7.05 Å². The van der Waals surface area contributed by atoms with E-state index >= 15 is 0 Å². The highest BCUT2D eigenvalue weighted by Gasteiger charge is 2.31. The second kappa shape index (κ2) is 5.06. The minimum atomic E-state index is 0.316. The van der Waals surface area contributed by atoms with Crippen molar-refractivity contribution in [2.24, 2.45) is 5.92 Å². The van der Waals surface area contributed by atoms with Gasteiger partial charge in [-0.3, -0.25) is 0 Å². The largest absolute Gasteiger partial charge is 0.474 e. The molecule has 19 heavy (non-hydrogen) atoms. The molecule has 0 spiro atoms. The van der Waals surface area contributed by atoms with Crippen LogP contribution in [0.4, 0.5) is 0 Å². The third-order valence-corrected chi connectivity index (χ3v) is 5.01. The van der Waals surface area contributed by atoms with Gasteiger partial charge in [0.1, 0.15) is 17.3 Å². The Hall–Kier alpha value is -1.20. The van der Waals surface area contributed by atoms with E-state index in [1.165, 1.54) is 10.4 Å². The Morgan fingerprint density at radius 1 is 1.37 bits per heavy atom. The zero-order chi connectivity index (χ0) is 13.4. The molecule has 0 saturated heterocycles. The van der Waals surface area contributed by atoms with Crippen molar-refractivity contribution in [3.63, 3.8) is 0 Å². The number of nitrogens with zero attached hydrogens (tertiary/aromatic N) is 2. The van der Waals surface area contributed by atoms with Gasteiger partial charge in [-0.15, -0.1) is 11.3 Å². The van der Waals surface area contributed by atoms with E-state index in [9.17, 15) is 0 Å². The second-order valence-corrected chi connectivity index (χ2v) is 6.48. The molecule has 0 atom stereocenters. The average molecular weight is 277 g/mol. The molecule has 3 rings (SSSR count). The summed E-state index contributed by atoms with van der Waals surface area (Å²) in [5.74, 6) is 1.51. The number of aromatic nitrogens is 2. The van der Waals surface area contributed by atoms with Crippen LogP contribution in [0.5, 0.6) is 5.88 Å². The van der Waals surface area contributed by atoms with Crippen LogP contribution in [0.2, 0.25) is 0 Å². The first-order valence-electron chi connectivity index (χ1n) is 6.71. The summed E-state index contributed by atoms with van der Waals surface area (Å²) in [5, 5.41) is 4.32. The lowest BCUT2D eigenvalue weighted by atomic mass is 9.82. The molecule has 0 unspecified atom stereocenters. The molecule has 0 aromatic carbocycles. The van der Waals surface area contributed by atoms with Crippen molar-refractivity contribution in [3.8, 4) is 5.88 Å². The summed E-state index contributed by atoms with van der Waals surface area (Å²) in [4.78, 5) is 11.0. The van der Waals surface area contributed by atoms with Crippen LogP contribution >= 0.6 is 11.3 Å². The highest BCUT2D eigenvalue weighted by atomic mass is 32.1. The predicted octanol–water partition coefficient (Wildman–Crippen LogP) is 2.68. The van der Waals surface area contributed by atoms with E-state index in [1.54, 1.807) is 17.7 Å². The maximum atomic E-state index is 6.06. The monoisotopic (exact) mass is 277 g/mol. The van der Waals surface area contributed by atoms with E-state index in [-0.39, 0.29) is 0 Å². The van der Waals surface area contributed by atoms with Crippen LogP contribution in [-0.2, 0) is 0 Å². The molecule has 2 aromatic rings. The Morgan fingerprint density at radius 2 is 2.16 bits per heavy atom. The van der Waals surface area contributed by atoms with Gasteiger partial charge < -0.3 is 10.1 Å². The topological polar surface area (TPSA) is 47.0 Å². The molecule has 1 saturated carbocycles. The lowest BCUT2D eigenvalue weighted by molar-refractivity contribution is 0.0631. The summed E-state index contributed by atoms with van der Waals surface area (Å²) in [7, 11) is 2.00. The van der Waals surface area contributed by atoms with Crippen molar-refractivity contribution < 1.29 is 4.74 Å². The van der Waals surface area contributed by atoms with Crippen molar-refractivity contribution in [3.05, 3.63) is 16.8 Å². The van der Waals surface area contributed by atoms with E-state index in [2.05, 4.69) is 29.1 Å². The van der Waals surface area contributed by atoms with Crippen LogP contribution in [0, 0.1) is 19.8 Å². The number of fused-ring (bicyclic) bond motifs is 1. The van der Waals surface area contributed by atoms with Crippen LogP contribution in [0.1, 0.15) is 23.3 Å². The van der Waals surface area contributed by atoms with Crippen molar-refractivity contribution in [2.45, 2.75) is 32.8 Å². The van der Waals surface area contributed by atoms with Gasteiger partial charge in [0.25, 0.3) is 0 Å². The van der Waals surface area contributed by atoms with Crippen LogP contribution < -0.4 is 10.1 Å². The van der Waals surface area contributed by atoms with Gasteiger partial charge in [0, 0.05) is 4.88 Å². The third kappa shape index (κ3) is 2.32. The first-order chi connectivity index (χ1) is 9.19. The standard InChI is InChI=1S/C14H19N3OS/c1-8-9(2)19-14-12(8)13(16-7-17-14)18-11-4-10(5-11)6-15-3/h7,10-11,15H,4-6H2,1-3H3. The van der Waals surface area contributed by atoms with Crippen LogP contribution in [0.25, 0.3) is 10.2 Å². The van der Waals surface area contributed by atoms with E-state index in [0.717, 1.165) is 41.4 Å². The Labute approximate surface area is 117 Å². The molecule has 102 valence electrons. The molecule has 1 fully saturated rings. The van der Waals surface area contributed by atoms with Gasteiger partial charge in [0.15, 0.2) is 0 Å². The number of nitrogens with one attached hydrogen (secondary N) is 1. The summed E-state index contributed by atoms with van der Waals surface area (Å²) >= 11 is 1.71. The molecule has 5 heteroatoms. The lowest BCUT2D eigenvalue weighted by Crippen LogP contribution is -2.38. The SMILES string of the molecule is CNCC1CC(Oc2ncnc3sc(C)c(C)c23)C1. The summed E-state index contributed by atoms with van der Waals surface area (Å²) in [6, 6.07) is 0. The normalized spacial score (nSPS) is 22.5. The highest BCUT2D eigenvalue weighted by Crippen LogP contribution is 2.37. The number of hydrogen-bond acceptors (Lipinski definition) is 5. The van der Waals surface area contributed by atoms with E-state index in [4.69, 9.17) is 4.74 Å². The molecule has 0 radical (unpaired) electrons. The summed E-state index contributed by atoms with van der Waals surface area (Å²) in [5.41, 5.74) is 1.25. The van der Waals surface area contributed by atoms with Crippen molar-refractivity contribution in [2.75, 3.05) is 13.6 Å².